The molecule has 2 aromatic heterocycles. The van der Waals surface area contributed by atoms with Crippen LogP contribution in [0, 0.1) is 0 Å². The van der Waals surface area contributed by atoms with Gasteiger partial charge in [-0.15, -0.1) is 0 Å². The Balaban J connectivity index is 2.04. The minimum Gasteiger partial charge on any atom is -0.398 e. The fourth-order valence-corrected chi connectivity index (χ4v) is 1.84. The molecule has 0 saturated heterocycles. The van der Waals surface area contributed by atoms with Gasteiger partial charge in [-0.25, -0.2) is 0 Å². The van der Waals surface area contributed by atoms with E-state index in [0.717, 1.165) is 29.8 Å². The summed E-state index contributed by atoms with van der Waals surface area (Å²) in [4.78, 5) is 8.36. The van der Waals surface area contributed by atoms with Crippen LogP contribution in [0.25, 0.3) is 0 Å². The van der Waals surface area contributed by atoms with Crippen molar-refractivity contribution in [3.05, 3.63) is 54.1 Å². The Kier molecular flexibility index (Phi) is 4.22. The van der Waals surface area contributed by atoms with Crippen molar-refractivity contribution in [3.63, 3.8) is 0 Å². The van der Waals surface area contributed by atoms with E-state index in [1.54, 1.807) is 24.7 Å². The van der Waals surface area contributed by atoms with E-state index in [4.69, 9.17) is 11.6 Å². The lowest BCUT2D eigenvalue weighted by atomic mass is 10.0. The first-order valence-electron chi connectivity index (χ1n) is 5.84. The Bertz CT molecular complexity index is 486. The van der Waals surface area contributed by atoms with Gasteiger partial charge in [0.2, 0.25) is 0 Å². The maximum absolute atomic E-state index is 5.89. The maximum Gasteiger partial charge on any atom is 0.0419 e. The number of nitrogens with zero attached hydrogens (tertiary/aromatic N) is 2. The number of hydrogen-bond donors (Lipinski definition) is 3. The van der Waals surface area contributed by atoms with Crippen molar-refractivity contribution in [2.45, 2.75) is 18.9 Å². The molecule has 2 heterocycles. The fourth-order valence-electron chi connectivity index (χ4n) is 1.84. The van der Waals surface area contributed by atoms with E-state index < -0.39 is 0 Å². The van der Waals surface area contributed by atoms with Gasteiger partial charge >= 0.3 is 0 Å². The van der Waals surface area contributed by atoms with Gasteiger partial charge in [-0.05, 0) is 30.2 Å². The van der Waals surface area contributed by atoms with Crippen LogP contribution in [-0.4, -0.2) is 16.0 Å². The highest BCUT2D eigenvalue weighted by atomic mass is 15.2. The second-order valence-electron chi connectivity index (χ2n) is 4.17. The topological polar surface area (TPSA) is 89.8 Å². The van der Waals surface area contributed by atoms with E-state index in [1.165, 1.54) is 0 Å². The quantitative estimate of drug-likeness (QED) is 0.530. The van der Waals surface area contributed by atoms with Crippen molar-refractivity contribution < 1.29 is 0 Å². The highest BCUT2D eigenvalue weighted by Gasteiger charge is 2.11. The van der Waals surface area contributed by atoms with Gasteiger partial charge in [-0.1, -0.05) is 6.07 Å². The van der Waals surface area contributed by atoms with Crippen LogP contribution in [-0.2, 0) is 12.8 Å². The van der Waals surface area contributed by atoms with Crippen LogP contribution < -0.4 is 17.0 Å². The lowest BCUT2D eigenvalue weighted by Gasteiger charge is -2.16. The number of aromatic nitrogens is 2. The molecule has 1 atom stereocenters. The summed E-state index contributed by atoms with van der Waals surface area (Å²) >= 11 is 0. The minimum atomic E-state index is 0.0893. The molecule has 0 saturated carbocycles. The third-order valence-corrected chi connectivity index (χ3v) is 2.83. The molecule has 0 aromatic carbocycles. The molecule has 1 unspecified atom stereocenters. The van der Waals surface area contributed by atoms with Crippen LogP contribution in [0.2, 0.25) is 0 Å². The number of hydrogen-bond acceptors (Lipinski definition) is 5. The van der Waals surface area contributed by atoms with Gasteiger partial charge in [0.05, 0.1) is 0 Å². The number of nitrogen functional groups attached to an aromatic ring is 1. The van der Waals surface area contributed by atoms with Crippen molar-refractivity contribution in [3.8, 4) is 0 Å². The van der Waals surface area contributed by atoms with E-state index in [0.29, 0.717) is 0 Å². The highest BCUT2D eigenvalue weighted by molar-refractivity contribution is 5.44. The average molecular weight is 243 g/mol. The number of nitrogens with one attached hydrogen (secondary N) is 1. The highest BCUT2D eigenvalue weighted by Crippen LogP contribution is 2.12. The molecule has 5 N–H and O–H groups in total. The van der Waals surface area contributed by atoms with Crippen LogP contribution in [0.3, 0.4) is 0 Å². The molecule has 0 aliphatic heterocycles. The third-order valence-electron chi connectivity index (χ3n) is 2.83. The molecule has 18 heavy (non-hydrogen) atoms. The number of anilines is 1. The molecule has 0 aliphatic carbocycles. The Morgan fingerprint density at radius 1 is 1.17 bits per heavy atom. The predicted octanol–water partition coefficient (Wildman–Crippen LogP) is 0.676. The van der Waals surface area contributed by atoms with Gasteiger partial charge in [-0.2, -0.15) is 0 Å². The molecule has 0 fully saturated rings. The molecule has 2 aromatic rings. The second kappa shape index (κ2) is 6.09. The molecule has 0 amide bonds. The van der Waals surface area contributed by atoms with Gasteiger partial charge in [0, 0.05) is 42.4 Å². The van der Waals surface area contributed by atoms with Gasteiger partial charge in [0.15, 0.2) is 0 Å². The molecular formula is C13H17N5. The minimum absolute atomic E-state index is 0.0893. The first kappa shape index (κ1) is 12.5. The summed E-state index contributed by atoms with van der Waals surface area (Å²) in [5.74, 6) is 5.58. The number of nitrogens with two attached hydrogens (primary N) is 2. The van der Waals surface area contributed by atoms with Crippen molar-refractivity contribution in [1.82, 2.24) is 15.4 Å². The maximum atomic E-state index is 5.89. The zero-order chi connectivity index (χ0) is 12.8. The molecule has 94 valence electrons. The van der Waals surface area contributed by atoms with Gasteiger partial charge < -0.3 is 5.73 Å². The zero-order valence-corrected chi connectivity index (χ0v) is 10.1. The van der Waals surface area contributed by atoms with Gasteiger partial charge in [0.25, 0.3) is 0 Å². The Morgan fingerprint density at radius 2 is 2.06 bits per heavy atom. The lowest BCUT2D eigenvalue weighted by molar-refractivity contribution is 0.517. The average Bonchev–Trinajstić information content (AvgIpc) is 2.41. The first-order chi connectivity index (χ1) is 8.79. The molecular weight excluding hydrogens is 226 g/mol. The van der Waals surface area contributed by atoms with Crippen molar-refractivity contribution in [2.24, 2.45) is 5.84 Å². The van der Waals surface area contributed by atoms with E-state index in [-0.39, 0.29) is 6.04 Å². The smallest absolute Gasteiger partial charge is 0.0419 e. The normalized spacial score (nSPS) is 12.3. The second-order valence-corrected chi connectivity index (χ2v) is 4.17. The Labute approximate surface area is 106 Å². The van der Waals surface area contributed by atoms with E-state index in [2.05, 4.69) is 15.4 Å². The molecule has 5 heteroatoms. The molecule has 5 nitrogen and oxygen atoms in total. The van der Waals surface area contributed by atoms with Crippen LogP contribution in [0.4, 0.5) is 5.69 Å². The SMILES string of the molecule is NNC(Cc1ccccn1)Cc1cnccc1N. The number of rotatable bonds is 5. The molecule has 0 bridgehead atoms. The van der Waals surface area contributed by atoms with Gasteiger partial charge in [-0.3, -0.25) is 21.2 Å². The lowest BCUT2D eigenvalue weighted by Crippen LogP contribution is -2.38. The summed E-state index contributed by atoms with van der Waals surface area (Å²) in [7, 11) is 0. The van der Waals surface area contributed by atoms with Crippen LogP contribution in [0.5, 0.6) is 0 Å². The van der Waals surface area contributed by atoms with E-state index in [1.807, 2.05) is 18.2 Å². The monoisotopic (exact) mass is 243 g/mol. The van der Waals surface area contributed by atoms with Crippen molar-refractivity contribution >= 4 is 5.69 Å². The van der Waals surface area contributed by atoms with Gasteiger partial charge in [0.1, 0.15) is 0 Å². The zero-order valence-electron chi connectivity index (χ0n) is 10.1. The summed E-state index contributed by atoms with van der Waals surface area (Å²) in [6.45, 7) is 0. The van der Waals surface area contributed by atoms with Crippen LogP contribution in [0.15, 0.2) is 42.9 Å². The summed E-state index contributed by atoms with van der Waals surface area (Å²) in [6, 6.07) is 7.73. The van der Waals surface area contributed by atoms with Crippen molar-refractivity contribution in [1.29, 1.82) is 0 Å². The van der Waals surface area contributed by atoms with E-state index in [9.17, 15) is 0 Å². The Morgan fingerprint density at radius 3 is 2.72 bits per heavy atom. The number of pyridine rings is 2. The molecule has 0 aliphatic rings. The van der Waals surface area contributed by atoms with Crippen molar-refractivity contribution in [2.75, 3.05) is 5.73 Å². The number of hydrazine groups is 1. The predicted molar refractivity (Wildman–Crippen MR) is 71.4 cm³/mol. The molecule has 0 radical (unpaired) electrons. The van der Waals surface area contributed by atoms with Crippen LogP contribution in [0.1, 0.15) is 11.3 Å². The van der Waals surface area contributed by atoms with Crippen LogP contribution >= 0.6 is 0 Å². The van der Waals surface area contributed by atoms with E-state index >= 15 is 0 Å². The first-order valence-corrected chi connectivity index (χ1v) is 5.84. The third kappa shape index (κ3) is 3.26. The molecule has 0 spiro atoms. The largest absolute Gasteiger partial charge is 0.398 e. The fraction of sp³-hybridized carbons (Fsp3) is 0.231. The molecule has 2 rings (SSSR count). The summed E-state index contributed by atoms with van der Waals surface area (Å²) in [5.41, 5.74) is 11.4. The summed E-state index contributed by atoms with van der Waals surface area (Å²) < 4.78 is 0. The standard InChI is InChI=1S/C13H17N5/c14-13-4-6-16-9-10(13)7-12(18-15)8-11-3-1-2-5-17-11/h1-6,9,12,18H,7-8,15H2,(H2,14,16). The Hall–Kier alpha value is -1.98. The summed E-state index contributed by atoms with van der Waals surface area (Å²) in [6.07, 6.45) is 6.72. The summed E-state index contributed by atoms with van der Waals surface area (Å²) in [5, 5.41) is 0.